The molecule has 1 atom stereocenters. The van der Waals surface area contributed by atoms with Gasteiger partial charge in [-0.3, -0.25) is 4.79 Å². The van der Waals surface area contributed by atoms with Crippen molar-refractivity contribution in [1.29, 1.82) is 0 Å². The highest BCUT2D eigenvalue weighted by Crippen LogP contribution is 2.40. The summed E-state index contributed by atoms with van der Waals surface area (Å²) in [6, 6.07) is 10.4. The van der Waals surface area contributed by atoms with E-state index < -0.39 is 0 Å². The first-order chi connectivity index (χ1) is 12.7. The maximum absolute atomic E-state index is 12.4. The molecule has 1 aromatic carbocycles. The Kier molecular flexibility index (Phi) is 5.57. The molecule has 0 N–H and O–H groups in total. The van der Waals surface area contributed by atoms with Gasteiger partial charge in [0.2, 0.25) is 5.91 Å². The number of hydrogen-bond acceptors (Lipinski definition) is 4. The summed E-state index contributed by atoms with van der Waals surface area (Å²) in [5.41, 5.74) is 1.54. The largest absolute Gasteiger partial charge is 0.376 e. The molecule has 1 amide bonds. The minimum Gasteiger partial charge on any atom is -0.376 e. The van der Waals surface area contributed by atoms with Gasteiger partial charge in [-0.15, -0.1) is 0 Å². The van der Waals surface area contributed by atoms with Crippen LogP contribution in [0.25, 0.3) is 0 Å². The van der Waals surface area contributed by atoms with Crippen molar-refractivity contribution in [2.45, 2.75) is 38.3 Å². The van der Waals surface area contributed by atoms with Crippen molar-refractivity contribution in [2.75, 3.05) is 46.0 Å². The zero-order valence-electron chi connectivity index (χ0n) is 15.6. The van der Waals surface area contributed by atoms with Crippen LogP contribution in [0.5, 0.6) is 0 Å². The SMILES string of the molecule is O=C1CCC2(CCN(CC3COCCO3)CC2)CN1Cc1ccccc1. The molecular formula is C21H30N2O3. The maximum atomic E-state index is 12.4. The van der Waals surface area contributed by atoms with E-state index in [-0.39, 0.29) is 6.10 Å². The van der Waals surface area contributed by atoms with Crippen LogP contribution in [-0.2, 0) is 20.8 Å². The topological polar surface area (TPSA) is 42.0 Å². The Labute approximate surface area is 156 Å². The third kappa shape index (κ3) is 4.27. The quantitative estimate of drug-likeness (QED) is 0.828. The molecule has 0 aliphatic carbocycles. The smallest absolute Gasteiger partial charge is 0.222 e. The molecule has 4 rings (SSSR count). The van der Waals surface area contributed by atoms with Crippen LogP contribution in [0.4, 0.5) is 0 Å². The van der Waals surface area contributed by atoms with Crippen molar-refractivity contribution in [3.05, 3.63) is 35.9 Å². The van der Waals surface area contributed by atoms with E-state index >= 15 is 0 Å². The van der Waals surface area contributed by atoms with Gasteiger partial charge in [0.15, 0.2) is 0 Å². The molecular weight excluding hydrogens is 328 g/mol. The summed E-state index contributed by atoms with van der Waals surface area (Å²) in [6.45, 7) is 7.02. The lowest BCUT2D eigenvalue weighted by atomic mass is 9.72. The summed E-state index contributed by atoms with van der Waals surface area (Å²) in [7, 11) is 0. The normalized spacial score (nSPS) is 27.0. The number of likely N-dealkylation sites (tertiary alicyclic amines) is 2. The lowest BCUT2D eigenvalue weighted by Crippen LogP contribution is -2.52. The molecule has 3 saturated heterocycles. The van der Waals surface area contributed by atoms with Crippen molar-refractivity contribution in [2.24, 2.45) is 5.41 Å². The Morgan fingerprint density at radius 1 is 1.08 bits per heavy atom. The van der Waals surface area contributed by atoms with Crippen molar-refractivity contribution >= 4 is 5.91 Å². The van der Waals surface area contributed by atoms with Gasteiger partial charge in [0.25, 0.3) is 0 Å². The van der Waals surface area contributed by atoms with Gasteiger partial charge in [0, 0.05) is 26.1 Å². The minimum atomic E-state index is 0.223. The molecule has 26 heavy (non-hydrogen) atoms. The second-order valence-corrected chi connectivity index (χ2v) is 8.10. The highest BCUT2D eigenvalue weighted by Gasteiger charge is 2.41. The van der Waals surface area contributed by atoms with E-state index in [4.69, 9.17) is 9.47 Å². The standard InChI is InChI=1S/C21H30N2O3/c24-20-6-7-21(17-23(20)14-18-4-2-1-3-5-18)8-10-22(11-9-21)15-19-16-25-12-13-26-19/h1-5,19H,6-17H2. The molecule has 0 aromatic heterocycles. The van der Waals surface area contributed by atoms with Crippen LogP contribution >= 0.6 is 0 Å². The predicted octanol–water partition coefficient (Wildman–Crippen LogP) is 2.31. The molecule has 142 valence electrons. The molecule has 1 aromatic rings. The number of benzene rings is 1. The second-order valence-electron chi connectivity index (χ2n) is 8.10. The first-order valence-corrected chi connectivity index (χ1v) is 9.96. The number of ether oxygens (including phenoxy) is 2. The zero-order chi connectivity index (χ0) is 17.8. The number of piperidine rings is 2. The first kappa shape index (κ1) is 18.0. The number of hydrogen-bond donors (Lipinski definition) is 0. The Balaban J connectivity index is 1.32. The Hall–Kier alpha value is -1.43. The fourth-order valence-electron chi connectivity index (χ4n) is 4.60. The van der Waals surface area contributed by atoms with Crippen LogP contribution in [0, 0.1) is 5.41 Å². The van der Waals surface area contributed by atoms with Gasteiger partial charge >= 0.3 is 0 Å². The maximum Gasteiger partial charge on any atom is 0.222 e. The van der Waals surface area contributed by atoms with Gasteiger partial charge < -0.3 is 19.3 Å². The molecule has 3 aliphatic rings. The third-order valence-electron chi connectivity index (χ3n) is 6.23. The van der Waals surface area contributed by atoms with Crippen LogP contribution < -0.4 is 0 Å². The molecule has 3 heterocycles. The second kappa shape index (κ2) is 8.07. The van der Waals surface area contributed by atoms with E-state index in [9.17, 15) is 4.79 Å². The highest BCUT2D eigenvalue weighted by atomic mass is 16.6. The summed E-state index contributed by atoms with van der Waals surface area (Å²) in [6.07, 6.45) is 4.33. The predicted molar refractivity (Wildman–Crippen MR) is 99.8 cm³/mol. The molecule has 5 nitrogen and oxygen atoms in total. The highest BCUT2D eigenvalue weighted by molar-refractivity contribution is 5.77. The molecule has 0 radical (unpaired) electrons. The molecule has 0 bridgehead atoms. The third-order valence-corrected chi connectivity index (χ3v) is 6.23. The van der Waals surface area contributed by atoms with E-state index in [0.717, 1.165) is 59.0 Å². The monoisotopic (exact) mass is 358 g/mol. The number of rotatable bonds is 4. The summed E-state index contributed by atoms with van der Waals surface area (Å²) in [5, 5.41) is 0. The summed E-state index contributed by atoms with van der Waals surface area (Å²) < 4.78 is 11.3. The number of carbonyl (C=O) groups is 1. The number of carbonyl (C=O) groups excluding carboxylic acids is 1. The van der Waals surface area contributed by atoms with Gasteiger partial charge in [-0.05, 0) is 43.3 Å². The average molecular weight is 358 g/mol. The lowest BCUT2D eigenvalue weighted by Gasteiger charge is -2.48. The number of nitrogens with zero attached hydrogens (tertiary/aromatic N) is 2. The van der Waals surface area contributed by atoms with Crippen molar-refractivity contribution in [3.8, 4) is 0 Å². The van der Waals surface area contributed by atoms with E-state index in [1.807, 2.05) is 6.07 Å². The van der Waals surface area contributed by atoms with Crippen LogP contribution in [0.3, 0.4) is 0 Å². The van der Waals surface area contributed by atoms with E-state index in [2.05, 4.69) is 34.1 Å². The average Bonchev–Trinajstić information content (AvgIpc) is 2.69. The lowest BCUT2D eigenvalue weighted by molar-refractivity contribution is -0.140. The van der Waals surface area contributed by atoms with E-state index in [1.165, 1.54) is 18.4 Å². The zero-order valence-corrected chi connectivity index (χ0v) is 15.6. The molecule has 3 aliphatic heterocycles. The molecule has 5 heteroatoms. The van der Waals surface area contributed by atoms with Gasteiger partial charge in [-0.2, -0.15) is 0 Å². The molecule has 3 fully saturated rings. The van der Waals surface area contributed by atoms with Crippen LogP contribution in [0.2, 0.25) is 0 Å². The molecule has 0 saturated carbocycles. The van der Waals surface area contributed by atoms with Gasteiger partial charge in [-0.1, -0.05) is 30.3 Å². The van der Waals surface area contributed by atoms with Crippen molar-refractivity contribution < 1.29 is 14.3 Å². The number of amides is 1. The van der Waals surface area contributed by atoms with Gasteiger partial charge in [-0.25, -0.2) is 0 Å². The van der Waals surface area contributed by atoms with Crippen LogP contribution in [0.1, 0.15) is 31.2 Å². The Morgan fingerprint density at radius 3 is 2.62 bits per heavy atom. The van der Waals surface area contributed by atoms with Crippen molar-refractivity contribution in [1.82, 2.24) is 9.80 Å². The van der Waals surface area contributed by atoms with E-state index in [1.54, 1.807) is 0 Å². The van der Waals surface area contributed by atoms with Crippen molar-refractivity contribution in [3.63, 3.8) is 0 Å². The summed E-state index contributed by atoms with van der Waals surface area (Å²) >= 11 is 0. The molecule has 1 unspecified atom stereocenters. The van der Waals surface area contributed by atoms with Gasteiger partial charge in [0.05, 0.1) is 25.9 Å². The fraction of sp³-hybridized carbons (Fsp3) is 0.667. The summed E-state index contributed by atoms with van der Waals surface area (Å²) in [5.74, 6) is 0.315. The Bertz CT molecular complexity index is 593. The first-order valence-electron chi connectivity index (χ1n) is 9.96. The van der Waals surface area contributed by atoms with Gasteiger partial charge in [0.1, 0.15) is 0 Å². The molecule has 1 spiro atoms. The summed E-state index contributed by atoms with van der Waals surface area (Å²) in [4.78, 5) is 17.0. The fourth-order valence-corrected chi connectivity index (χ4v) is 4.60. The Morgan fingerprint density at radius 2 is 1.88 bits per heavy atom. The minimum absolute atomic E-state index is 0.223. The van der Waals surface area contributed by atoms with Crippen LogP contribution in [-0.4, -0.2) is 67.8 Å². The van der Waals surface area contributed by atoms with Crippen LogP contribution in [0.15, 0.2) is 30.3 Å². The van der Waals surface area contributed by atoms with E-state index in [0.29, 0.717) is 17.7 Å².